The molecule has 4 amide bonds. The van der Waals surface area contributed by atoms with Crippen LogP contribution in [0.25, 0.3) is 0 Å². The number of nitrogens with two attached hydrogens (primary N) is 2. The Bertz CT molecular complexity index is 733. The van der Waals surface area contributed by atoms with Crippen LogP contribution in [0.4, 0.5) is 0 Å². The molecular weight excluding hydrogens is 458 g/mol. The lowest BCUT2D eigenvalue weighted by Gasteiger charge is -2.26. The Morgan fingerprint density at radius 2 is 1.45 bits per heavy atom. The van der Waals surface area contributed by atoms with Crippen molar-refractivity contribution in [3.63, 3.8) is 0 Å². The molecule has 0 aromatic carbocycles. The number of carboxylic acid groups (broad SMARTS) is 2. The van der Waals surface area contributed by atoms with Gasteiger partial charge in [0.25, 0.3) is 0 Å². The quantitative estimate of drug-likeness (QED) is 0.125. The van der Waals surface area contributed by atoms with Crippen LogP contribution >= 0.6 is 11.8 Å². The largest absolute Gasteiger partial charge is 0.481 e. The first-order chi connectivity index (χ1) is 15.3. The van der Waals surface area contributed by atoms with Gasteiger partial charge < -0.3 is 37.6 Å². The van der Waals surface area contributed by atoms with Crippen LogP contribution in [0, 0.1) is 5.92 Å². The highest BCUT2D eigenvalue weighted by molar-refractivity contribution is 7.98. The Hall–Kier alpha value is -2.87. The number of rotatable bonds is 16. The van der Waals surface area contributed by atoms with Crippen molar-refractivity contribution in [3.05, 3.63) is 0 Å². The molecule has 0 radical (unpaired) electrons. The van der Waals surface area contributed by atoms with E-state index in [1.54, 1.807) is 20.1 Å². The fraction of sp³-hybridized carbons (Fsp3) is 0.684. The first-order valence-corrected chi connectivity index (χ1v) is 11.6. The lowest BCUT2D eigenvalue weighted by molar-refractivity contribution is -0.143. The lowest BCUT2D eigenvalue weighted by Crippen LogP contribution is -2.58. The Morgan fingerprint density at radius 1 is 0.879 bits per heavy atom. The SMILES string of the molecule is CSCCC(NC(=O)C(NC(=O)C(N)CC(N)=O)C(C)C)C(=O)NC(CCC(=O)O)C(=O)O. The van der Waals surface area contributed by atoms with E-state index in [-0.39, 0.29) is 12.8 Å². The molecule has 0 aromatic heterocycles. The van der Waals surface area contributed by atoms with Gasteiger partial charge in [0.05, 0.1) is 12.5 Å². The number of nitrogens with one attached hydrogen (secondary N) is 3. The molecule has 0 aliphatic rings. The highest BCUT2D eigenvalue weighted by atomic mass is 32.2. The van der Waals surface area contributed by atoms with Crippen molar-refractivity contribution in [2.24, 2.45) is 17.4 Å². The molecule has 0 aromatic rings. The number of carboxylic acids is 2. The zero-order valence-corrected chi connectivity index (χ0v) is 19.6. The molecule has 0 aliphatic heterocycles. The van der Waals surface area contributed by atoms with Crippen LogP contribution in [-0.4, -0.2) is 82.0 Å². The van der Waals surface area contributed by atoms with Crippen LogP contribution in [0.15, 0.2) is 0 Å². The number of aliphatic carboxylic acids is 2. The van der Waals surface area contributed by atoms with Crippen molar-refractivity contribution in [1.29, 1.82) is 0 Å². The average Bonchev–Trinajstić information content (AvgIpc) is 2.70. The van der Waals surface area contributed by atoms with Crippen molar-refractivity contribution >= 4 is 47.3 Å². The second-order valence-corrected chi connectivity index (χ2v) is 8.67. The molecule has 0 saturated heterocycles. The molecule has 4 unspecified atom stereocenters. The second kappa shape index (κ2) is 15.1. The number of carbonyl (C=O) groups excluding carboxylic acids is 4. The zero-order valence-electron chi connectivity index (χ0n) is 18.8. The van der Waals surface area contributed by atoms with Crippen LogP contribution in [0.3, 0.4) is 0 Å². The van der Waals surface area contributed by atoms with E-state index in [2.05, 4.69) is 16.0 Å². The van der Waals surface area contributed by atoms with Gasteiger partial charge >= 0.3 is 11.9 Å². The molecule has 33 heavy (non-hydrogen) atoms. The average molecular weight is 492 g/mol. The summed E-state index contributed by atoms with van der Waals surface area (Å²) in [6.07, 6.45) is 0.725. The summed E-state index contributed by atoms with van der Waals surface area (Å²) in [7, 11) is 0. The Balaban J connectivity index is 5.40. The van der Waals surface area contributed by atoms with E-state index in [0.717, 1.165) is 0 Å². The summed E-state index contributed by atoms with van der Waals surface area (Å²) in [5.74, 6) is -5.64. The third kappa shape index (κ3) is 12.1. The van der Waals surface area contributed by atoms with E-state index in [0.29, 0.717) is 5.75 Å². The normalized spacial score (nSPS) is 14.5. The van der Waals surface area contributed by atoms with Crippen LogP contribution in [0.2, 0.25) is 0 Å². The molecule has 14 heteroatoms. The highest BCUT2D eigenvalue weighted by Crippen LogP contribution is 2.08. The fourth-order valence-corrected chi connectivity index (χ4v) is 3.14. The zero-order chi connectivity index (χ0) is 25.7. The molecule has 0 bridgehead atoms. The van der Waals surface area contributed by atoms with E-state index < -0.39 is 78.5 Å². The molecule has 9 N–H and O–H groups in total. The number of thioether (sulfide) groups is 1. The van der Waals surface area contributed by atoms with E-state index in [1.165, 1.54) is 11.8 Å². The molecule has 0 spiro atoms. The topological polar surface area (TPSA) is 231 Å². The van der Waals surface area contributed by atoms with E-state index >= 15 is 0 Å². The van der Waals surface area contributed by atoms with Gasteiger partial charge in [0, 0.05) is 6.42 Å². The predicted molar refractivity (Wildman–Crippen MR) is 120 cm³/mol. The number of amides is 4. The van der Waals surface area contributed by atoms with Gasteiger partial charge in [0.15, 0.2) is 0 Å². The molecule has 0 saturated carbocycles. The van der Waals surface area contributed by atoms with Gasteiger partial charge in [-0.2, -0.15) is 11.8 Å². The van der Waals surface area contributed by atoms with Crippen molar-refractivity contribution in [1.82, 2.24) is 16.0 Å². The van der Waals surface area contributed by atoms with Crippen molar-refractivity contribution < 1.29 is 39.0 Å². The van der Waals surface area contributed by atoms with Gasteiger partial charge in [-0.3, -0.25) is 24.0 Å². The maximum absolute atomic E-state index is 12.8. The van der Waals surface area contributed by atoms with E-state index in [4.69, 9.17) is 16.6 Å². The van der Waals surface area contributed by atoms with Crippen molar-refractivity contribution in [2.75, 3.05) is 12.0 Å². The van der Waals surface area contributed by atoms with Crippen LogP contribution in [0.5, 0.6) is 0 Å². The van der Waals surface area contributed by atoms with Gasteiger partial charge in [-0.1, -0.05) is 13.8 Å². The lowest BCUT2D eigenvalue weighted by atomic mass is 10.0. The summed E-state index contributed by atoms with van der Waals surface area (Å²) in [5.41, 5.74) is 10.6. The summed E-state index contributed by atoms with van der Waals surface area (Å²) >= 11 is 1.39. The molecule has 4 atom stereocenters. The second-order valence-electron chi connectivity index (χ2n) is 7.68. The minimum absolute atomic E-state index is 0.157. The first-order valence-electron chi connectivity index (χ1n) is 10.2. The van der Waals surface area contributed by atoms with Crippen LogP contribution in [0.1, 0.15) is 39.5 Å². The number of primary amides is 1. The molecule has 188 valence electrons. The Kier molecular flexibility index (Phi) is 13.7. The van der Waals surface area contributed by atoms with Crippen molar-refractivity contribution in [3.8, 4) is 0 Å². The fourth-order valence-electron chi connectivity index (χ4n) is 2.67. The molecule has 0 aliphatic carbocycles. The molecular formula is C19H33N5O8S. The molecule has 13 nitrogen and oxygen atoms in total. The van der Waals surface area contributed by atoms with Crippen molar-refractivity contribution in [2.45, 2.75) is 63.7 Å². The standard InChI is InChI=1S/C19H33N5O8S/c1-9(2)15(24-16(28)10(20)8-13(21)25)18(30)22-11(6-7-33-3)17(29)23-12(19(31)32)4-5-14(26)27/h9-12,15H,4-8,20H2,1-3H3,(H2,21,25)(H,22,30)(H,23,29)(H,24,28)(H,26,27)(H,31,32). The number of hydrogen-bond acceptors (Lipinski definition) is 8. The minimum atomic E-state index is -1.45. The summed E-state index contributed by atoms with van der Waals surface area (Å²) in [6, 6.07) is -4.93. The maximum atomic E-state index is 12.8. The summed E-state index contributed by atoms with van der Waals surface area (Å²) in [4.78, 5) is 70.8. The third-order valence-corrected chi connectivity index (χ3v) is 5.15. The Labute approximate surface area is 195 Å². The maximum Gasteiger partial charge on any atom is 0.326 e. The predicted octanol–water partition coefficient (Wildman–Crippen LogP) is -2.00. The van der Waals surface area contributed by atoms with Crippen LogP contribution in [-0.2, 0) is 28.8 Å². The van der Waals surface area contributed by atoms with Gasteiger partial charge in [0.2, 0.25) is 23.6 Å². The summed E-state index contributed by atoms with van der Waals surface area (Å²) in [5, 5.41) is 25.2. The van der Waals surface area contributed by atoms with E-state index in [1.807, 2.05) is 0 Å². The smallest absolute Gasteiger partial charge is 0.326 e. The van der Waals surface area contributed by atoms with E-state index in [9.17, 15) is 33.9 Å². The van der Waals surface area contributed by atoms with Crippen LogP contribution < -0.4 is 27.4 Å². The summed E-state index contributed by atoms with van der Waals surface area (Å²) < 4.78 is 0. The minimum Gasteiger partial charge on any atom is -0.481 e. The molecule has 0 fully saturated rings. The Morgan fingerprint density at radius 3 is 1.91 bits per heavy atom. The molecule has 0 rings (SSSR count). The number of hydrogen-bond donors (Lipinski definition) is 7. The molecule has 0 heterocycles. The van der Waals surface area contributed by atoms with Gasteiger partial charge in [-0.05, 0) is 30.8 Å². The monoisotopic (exact) mass is 491 g/mol. The summed E-state index contributed by atoms with van der Waals surface area (Å²) in [6.45, 7) is 3.29. The van der Waals surface area contributed by atoms with Gasteiger partial charge in [-0.25, -0.2) is 4.79 Å². The van der Waals surface area contributed by atoms with Gasteiger partial charge in [-0.15, -0.1) is 0 Å². The number of carbonyl (C=O) groups is 6. The van der Waals surface area contributed by atoms with Gasteiger partial charge in [0.1, 0.15) is 18.1 Å². The third-order valence-electron chi connectivity index (χ3n) is 4.51. The highest BCUT2D eigenvalue weighted by Gasteiger charge is 2.31. The first kappa shape index (κ1) is 30.1.